The standard InChI is InChI=1S/C19H28N4O/c1-2-3-6-15-8-10-16(11-9-15)19(24)20-13-12-18-22-21-17-7-4-5-14-23(17)18/h4-5,7,14-16H,2-3,6,8-13H2,1H3,(H,20,24). The topological polar surface area (TPSA) is 59.3 Å². The highest BCUT2D eigenvalue weighted by molar-refractivity contribution is 5.78. The quantitative estimate of drug-likeness (QED) is 0.847. The summed E-state index contributed by atoms with van der Waals surface area (Å²) in [5.41, 5.74) is 0.851. The van der Waals surface area contributed by atoms with E-state index in [1.165, 1.54) is 32.1 Å². The Bertz CT molecular complexity index is 658. The molecule has 1 saturated carbocycles. The van der Waals surface area contributed by atoms with Crippen LogP contribution in [0.15, 0.2) is 24.4 Å². The van der Waals surface area contributed by atoms with Crippen molar-refractivity contribution in [2.24, 2.45) is 11.8 Å². The van der Waals surface area contributed by atoms with Crippen LogP contribution in [0.3, 0.4) is 0 Å². The number of nitrogens with zero attached hydrogens (tertiary/aromatic N) is 3. The van der Waals surface area contributed by atoms with E-state index < -0.39 is 0 Å². The fourth-order valence-corrected chi connectivity index (χ4v) is 3.71. The van der Waals surface area contributed by atoms with Crippen LogP contribution in [0.4, 0.5) is 0 Å². The largest absolute Gasteiger partial charge is 0.355 e. The van der Waals surface area contributed by atoms with Crippen molar-refractivity contribution in [3.63, 3.8) is 0 Å². The van der Waals surface area contributed by atoms with E-state index in [-0.39, 0.29) is 11.8 Å². The molecule has 24 heavy (non-hydrogen) atoms. The lowest BCUT2D eigenvalue weighted by Gasteiger charge is -2.27. The summed E-state index contributed by atoms with van der Waals surface area (Å²) >= 11 is 0. The van der Waals surface area contributed by atoms with E-state index in [2.05, 4.69) is 22.4 Å². The van der Waals surface area contributed by atoms with Gasteiger partial charge in [0, 0.05) is 25.1 Å². The van der Waals surface area contributed by atoms with E-state index >= 15 is 0 Å². The molecule has 1 amide bonds. The lowest BCUT2D eigenvalue weighted by molar-refractivity contribution is -0.126. The minimum absolute atomic E-state index is 0.207. The predicted molar refractivity (Wildman–Crippen MR) is 94.7 cm³/mol. The molecule has 1 aliphatic carbocycles. The third-order valence-corrected chi connectivity index (χ3v) is 5.22. The lowest BCUT2D eigenvalue weighted by Crippen LogP contribution is -2.34. The van der Waals surface area contributed by atoms with Crippen molar-refractivity contribution >= 4 is 11.6 Å². The predicted octanol–water partition coefficient (Wildman–Crippen LogP) is 3.38. The van der Waals surface area contributed by atoms with Crippen LogP contribution in [-0.4, -0.2) is 27.0 Å². The minimum Gasteiger partial charge on any atom is -0.355 e. The van der Waals surface area contributed by atoms with Crippen LogP contribution in [0.5, 0.6) is 0 Å². The Morgan fingerprint density at radius 2 is 2.08 bits per heavy atom. The maximum absolute atomic E-state index is 12.4. The second kappa shape index (κ2) is 8.27. The molecule has 0 radical (unpaired) electrons. The van der Waals surface area contributed by atoms with Crippen molar-refractivity contribution in [3.8, 4) is 0 Å². The van der Waals surface area contributed by atoms with E-state index in [1.807, 2.05) is 28.8 Å². The number of nitrogens with one attached hydrogen (secondary N) is 1. The van der Waals surface area contributed by atoms with Crippen molar-refractivity contribution in [1.82, 2.24) is 19.9 Å². The molecule has 0 saturated heterocycles. The lowest BCUT2D eigenvalue weighted by atomic mass is 9.79. The van der Waals surface area contributed by atoms with Gasteiger partial charge in [-0.15, -0.1) is 10.2 Å². The molecule has 5 heteroatoms. The Morgan fingerprint density at radius 3 is 2.88 bits per heavy atom. The fraction of sp³-hybridized carbons (Fsp3) is 0.632. The number of hydrogen-bond donors (Lipinski definition) is 1. The Hall–Kier alpha value is -1.91. The van der Waals surface area contributed by atoms with Gasteiger partial charge in [0.05, 0.1) is 0 Å². The number of rotatable bonds is 7. The molecular formula is C19H28N4O. The highest BCUT2D eigenvalue weighted by Crippen LogP contribution is 2.31. The second-order valence-corrected chi connectivity index (χ2v) is 6.95. The molecule has 1 N–H and O–H groups in total. The zero-order valence-corrected chi connectivity index (χ0v) is 14.6. The third-order valence-electron chi connectivity index (χ3n) is 5.22. The van der Waals surface area contributed by atoms with Crippen LogP contribution in [0.25, 0.3) is 5.65 Å². The second-order valence-electron chi connectivity index (χ2n) is 6.95. The van der Waals surface area contributed by atoms with Crippen molar-refractivity contribution in [1.29, 1.82) is 0 Å². The van der Waals surface area contributed by atoms with E-state index in [0.717, 1.165) is 30.2 Å². The van der Waals surface area contributed by atoms with Gasteiger partial charge in [-0.3, -0.25) is 9.20 Å². The summed E-state index contributed by atoms with van der Waals surface area (Å²) in [7, 11) is 0. The third kappa shape index (κ3) is 4.13. The van der Waals surface area contributed by atoms with Crippen LogP contribution in [0, 0.1) is 11.8 Å². The van der Waals surface area contributed by atoms with Crippen molar-refractivity contribution in [2.75, 3.05) is 6.54 Å². The zero-order valence-electron chi connectivity index (χ0n) is 14.6. The van der Waals surface area contributed by atoms with Crippen LogP contribution in [0.1, 0.15) is 57.7 Å². The van der Waals surface area contributed by atoms with E-state index in [4.69, 9.17) is 0 Å². The van der Waals surface area contributed by atoms with Crippen LogP contribution < -0.4 is 5.32 Å². The number of aromatic nitrogens is 3. The normalized spacial score (nSPS) is 21.0. The molecule has 0 atom stereocenters. The first-order valence-corrected chi connectivity index (χ1v) is 9.34. The van der Waals surface area contributed by atoms with Gasteiger partial charge in [-0.2, -0.15) is 0 Å². The van der Waals surface area contributed by atoms with Gasteiger partial charge in [0.15, 0.2) is 5.65 Å². The molecule has 0 spiro atoms. The Kier molecular flexibility index (Phi) is 5.83. The van der Waals surface area contributed by atoms with Crippen molar-refractivity contribution < 1.29 is 4.79 Å². The summed E-state index contributed by atoms with van der Waals surface area (Å²) in [6.07, 6.45) is 11.1. The molecule has 130 valence electrons. The number of unbranched alkanes of at least 4 members (excludes halogenated alkanes) is 1. The molecule has 1 fully saturated rings. The summed E-state index contributed by atoms with van der Waals surface area (Å²) in [4.78, 5) is 12.4. The van der Waals surface area contributed by atoms with Gasteiger partial charge < -0.3 is 5.32 Å². The summed E-state index contributed by atoms with van der Waals surface area (Å²) < 4.78 is 1.98. The molecule has 0 unspecified atom stereocenters. The number of amides is 1. The van der Waals surface area contributed by atoms with E-state index in [1.54, 1.807) is 0 Å². The molecule has 2 aromatic heterocycles. The molecule has 1 aliphatic rings. The van der Waals surface area contributed by atoms with Crippen LogP contribution in [-0.2, 0) is 11.2 Å². The van der Waals surface area contributed by atoms with Gasteiger partial charge >= 0.3 is 0 Å². The van der Waals surface area contributed by atoms with Crippen molar-refractivity contribution in [3.05, 3.63) is 30.2 Å². The van der Waals surface area contributed by atoms with Gasteiger partial charge in [0.1, 0.15) is 5.82 Å². The number of fused-ring (bicyclic) bond motifs is 1. The molecule has 5 nitrogen and oxygen atoms in total. The van der Waals surface area contributed by atoms with Gasteiger partial charge in [-0.1, -0.05) is 32.3 Å². The molecule has 2 heterocycles. The summed E-state index contributed by atoms with van der Waals surface area (Å²) in [6, 6.07) is 5.86. The average molecular weight is 328 g/mol. The first-order valence-electron chi connectivity index (χ1n) is 9.34. The average Bonchev–Trinajstić information content (AvgIpc) is 3.03. The molecule has 0 aliphatic heterocycles. The van der Waals surface area contributed by atoms with Gasteiger partial charge in [0.25, 0.3) is 0 Å². The Balaban J connectivity index is 1.42. The summed E-state index contributed by atoms with van der Waals surface area (Å²) in [5, 5.41) is 11.4. The Labute approximate surface area is 143 Å². The minimum atomic E-state index is 0.207. The first kappa shape index (κ1) is 16.9. The number of pyridine rings is 1. The number of carbonyl (C=O) groups is 1. The molecule has 3 rings (SSSR count). The van der Waals surface area contributed by atoms with Gasteiger partial charge in [-0.05, 0) is 43.7 Å². The van der Waals surface area contributed by atoms with E-state index in [0.29, 0.717) is 13.0 Å². The summed E-state index contributed by atoms with van der Waals surface area (Å²) in [6.45, 7) is 2.88. The monoisotopic (exact) mass is 328 g/mol. The number of hydrogen-bond acceptors (Lipinski definition) is 3. The van der Waals surface area contributed by atoms with E-state index in [9.17, 15) is 4.79 Å². The maximum Gasteiger partial charge on any atom is 0.223 e. The highest BCUT2D eigenvalue weighted by atomic mass is 16.1. The van der Waals surface area contributed by atoms with Crippen LogP contribution >= 0.6 is 0 Å². The highest BCUT2D eigenvalue weighted by Gasteiger charge is 2.25. The Morgan fingerprint density at radius 1 is 1.25 bits per heavy atom. The number of carbonyl (C=O) groups excluding carboxylic acids is 1. The molecular weight excluding hydrogens is 300 g/mol. The smallest absolute Gasteiger partial charge is 0.223 e. The zero-order chi connectivity index (χ0) is 16.8. The maximum atomic E-state index is 12.4. The fourth-order valence-electron chi connectivity index (χ4n) is 3.71. The van der Waals surface area contributed by atoms with Crippen LogP contribution in [0.2, 0.25) is 0 Å². The SMILES string of the molecule is CCCCC1CCC(C(=O)NCCc2nnc3ccccn23)CC1. The summed E-state index contributed by atoms with van der Waals surface area (Å²) in [5.74, 6) is 2.17. The van der Waals surface area contributed by atoms with Gasteiger partial charge in [-0.25, -0.2) is 0 Å². The molecule has 0 bridgehead atoms. The molecule has 2 aromatic rings. The van der Waals surface area contributed by atoms with Gasteiger partial charge in [0.2, 0.25) is 5.91 Å². The molecule has 0 aromatic carbocycles. The first-order chi connectivity index (χ1) is 11.8. The van der Waals surface area contributed by atoms with Crippen molar-refractivity contribution in [2.45, 2.75) is 58.3 Å².